The van der Waals surface area contributed by atoms with Crippen molar-refractivity contribution in [2.75, 3.05) is 0 Å². The first-order valence-electron chi connectivity index (χ1n) is 8.82. The molecular formula is C20H19FN4OS. The molecule has 0 atom stereocenters. The standard InChI is InChI=1S/C20H19FN4OS/c21-18-4-2-1-3-16(18)11-25(17-9-10-17)19(26)15-7-5-14(6-8-15)12-27-20-22-13-23-24-20/h1-8,13,17H,9-12H2,(H,22,23,24). The van der Waals surface area contributed by atoms with Gasteiger partial charge in [-0.2, -0.15) is 5.10 Å². The molecule has 0 saturated heterocycles. The molecule has 1 heterocycles. The van der Waals surface area contributed by atoms with Crippen molar-refractivity contribution in [1.82, 2.24) is 20.1 Å². The number of nitrogens with zero attached hydrogens (tertiary/aromatic N) is 3. The maximum Gasteiger partial charge on any atom is 0.254 e. The number of carbonyl (C=O) groups is 1. The van der Waals surface area contributed by atoms with Gasteiger partial charge >= 0.3 is 0 Å². The van der Waals surface area contributed by atoms with Crippen LogP contribution in [-0.4, -0.2) is 32.0 Å². The summed E-state index contributed by atoms with van der Waals surface area (Å²) in [7, 11) is 0. The molecule has 0 bridgehead atoms. The molecule has 7 heteroatoms. The molecule has 0 spiro atoms. The molecular weight excluding hydrogens is 363 g/mol. The van der Waals surface area contributed by atoms with Crippen molar-refractivity contribution in [1.29, 1.82) is 0 Å². The number of carbonyl (C=O) groups excluding carboxylic acids is 1. The predicted molar refractivity (Wildman–Crippen MR) is 102 cm³/mol. The zero-order valence-electron chi connectivity index (χ0n) is 14.6. The molecule has 138 valence electrons. The Morgan fingerprint density at radius 3 is 2.63 bits per heavy atom. The molecule has 1 amide bonds. The molecule has 0 unspecified atom stereocenters. The number of hydrogen-bond donors (Lipinski definition) is 1. The zero-order valence-corrected chi connectivity index (χ0v) is 15.5. The van der Waals surface area contributed by atoms with Crippen molar-refractivity contribution in [2.45, 2.75) is 36.3 Å². The summed E-state index contributed by atoms with van der Waals surface area (Å²) in [6.07, 6.45) is 3.43. The fraction of sp³-hybridized carbons (Fsp3) is 0.250. The number of H-pyrrole nitrogens is 1. The van der Waals surface area contributed by atoms with Crippen molar-refractivity contribution in [3.05, 3.63) is 77.4 Å². The third kappa shape index (κ3) is 4.36. The summed E-state index contributed by atoms with van der Waals surface area (Å²) in [5, 5.41) is 7.39. The van der Waals surface area contributed by atoms with Gasteiger partial charge in [0.1, 0.15) is 12.1 Å². The minimum atomic E-state index is -0.268. The first-order chi connectivity index (χ1) is 13.2. The van der Waals surface area contributed by atoms with Crippen LogP contribution in [0.2, 0.25) is 0 Å². The maximum atomic E-state index is 14.0. The Bertz CT molecular complexity index is 910. The smallest absolute Gasteiger partial charge is 0.254 e. The summed E-state index contributed by atoms with van der Waals surface area (Å²) in [6, 6.07) is 14.4. The summed E-state index contributed by atoms with van der Waals surface area (Å²) in [5.41, 5.74) is 2.28. The number of rotatable bonds is 7. The Morgan fingerprint density at radius 2 is 1.96 bits per heavy atom. The summed E-state index contributed by atoms with van der Waals surface area (Å²) in [5.74, 6) is 0.427. The highest BCUT2D eigenvalue weighted by molar-refractivity contribution is 7.98. The number of halogens is 1. The molecule has 27 heavy (non-hydrogen) atoms. The van der Waals surface area contributed by atoms with E-state index in [1.807, 2.05) is 24.3 Å². The van der Waals surface area contributed by atoms with Crippen LogP contribution in [0.3, 0.4) is 0 Å². The summed E-state index contributed by atoms with van der Waals surface area (Å²) in [6.45, 7) is 0.305. The Labute approximate surface area is 161 Å². The van der Waals surface area contributed by atoms with E-state index in [1.165, 1.54) is 12.4 Å². The van der Waals surface area contributed by atoms with E-state index in [1.54, 1.807) is 34.9 Å². The van der Waals surface area contributed by atoms with Gasteiger partial charge in [-0.25, -0.2) is 9.37 Å². The van der Waals surface area contributed by atoms with Gasteiger partial charge < -0.3 is 4.90 Å². The predicted octanol–water partition coefficient (Wildman–Crippen LogP) is 4.04. The van der Waals surface area contributed by atoms with Gasteiger partial charge in [0, 0.05) is 29.5 Å². The number of nitrogens with one attached hydrogen (secondary N) is 1. The van der Waals surface area contributed by atoms with E-state index in [0.717, 1.165) is 29.3 Å². The van der Waals surface area contributed by atoms with Crippen LogP contribution >= 0.6 is 11.8 Å². The minimum Gasteiger partial charge on any atom is -0.331 e. The Hall–Kier alpha value is -2.67. The highest BCUT2D eigenvalue weighted by atomic mass is 32.2. The number of aromatic amines is 1. The van der Waals surface area contributed by atoms with Crippen LogP contribution in [0, 0.1) is 5.82 Å². The van der Waals surface area contributed by atoms with Gasteiger partial charge in [0.25, 0.3) is 5.91 Å². The molecule has 4 rings (SSSR count). The third-order valence-electron chi connectivity index (χ3n) is 4.52. The molecule has 5 nitrogen and oxygen atoms in total. The van der Waals surface area contributed by atoms with Crippen molar-refractivity contribution in [3.63, 3.8) is 0 Å². The number of aromatic nitrogens is 3. The normalized spacial score (nSPS) is 13.5. The summed E-state index contributed by atoms with van der Waals surface area (Å²) in [4.78, 5) is 18.8. The van der Waals surface area contributed by atoms with Crippen molar-refractivity contribution < 1.29 is 9.18 Å². The lowest BCUT2D eigenvalue weighted by Gasteiger charge is -2.23. The number of benzene rings is 2. The Morgan fingerprint density at radius 1 is 1.19 bits per heavy atom. The number of amides is 1. The van der Waals surface area contributed by atoms with E-state index >= 15 is 0 Å². The van der Waals surface area contributed by atoms with Gasteiger partial charge in [-0.05, 0) is 36.6 Å². The average Bonchev–Trinajstić information content (AvgIpc) is 3.40. The molecule has 1 saturated carbocycles. The topological polar surface area (TPSA) is 61.9 Å². The van der Waals surface area contributed by atoms with Gasteiger partial charge in [-0.3, -0.25) is 9.89 Å². The molecule has 2 aromatic carbocycles. The maximum absolute atomic E-state index is 14.0. The monoisotopic (exact) mass is 382 g/mol. The van der Waals surface area contributed by atoms with Gasteiger partial charge in [-0.1, -0.05) is 42.1 Å². The Balaban J connectivity index is 1.44. The van der Waals surface area contributed by atoms with Crippen LogP contribution < -0.4 is 0 Å². The van der Waals surface area contributed by atoms with E-state index in [0.29, 0.717) is 17.7 Å². The second kappa shape index (κ2) is 7.92. The minimum absolute atomic E-state index is 0.0461. The molecule has 1 aromatic heterocycles. The van der Waals surface area contributed by atoms with E-state index in [9.17, 15) is 9.18 Å². The number of thioether (sulfide) groups is 1. The van der Waals surface area contributed by atoms with Crippen molar-refractivity contribution in [3.8, 4) is 0 Å². The fourth-order valence-electron chi connectivity index (χ4n) is 2.89. The van der Waals surface area contributed by atoms with Crippen LogP contribution in [0.4, 0.5) is 4.39 Å². The van der Waals surface area contributed by atoms with Gasteiger partial charge in [0.15, 0.2) is 5.16 Å². The first kappa shape index (κ1) is 17.7. The average molecular weight is 382 g/mol. The summed E-state index contributed by atoms with van der Waals surface area (Å²) >= 11 is 1.55. The third-order valence-corrected chi connectivity index (χ3v) is 5.46. The summed E-state index contributed by atoms with van der Waals surface area (Å²) < 4.78 is 14.0. The van der Waals surface area contributed by atoms with Crippen LogP contribution in [0.5, 0.6) is 0 Å². The molecule has 1 N–H and O–H groups in total. The molecule has 0 aliphatic heterocycles. The van der Waals surface area contributed by atoms with Crippen LogP contribution in [-0.2, 0) is 12.3 Å². The molecule has 1 aliphatic carbocycles. The molecule has 0 radical (unpaired) electrons. The fourth-order valence-corrected chi connectivity index (χ4v) is 3.62. The highest BCUT2D eigenvalue weighted by Gasteiger charge is 2.33. The van der Waals surface area contributed by atoms with Crippen molar-refractivity contribution in [2.24, 2.45) is 0 Å². The van der Waals surface area contributed by atoms with Crippen LogP contribution in [0.15, 0.2) is 60.0 Å². The lowest BCUT2D eigenvalue weighted by Crippen LogP contribution is -2.32. The SMILES string of the molecule is O=C(c1ccc(CSc2ncn[nH]2)cc1)N(Cc1ccccc1F)C1CC1. The number of hydrogen-bond acceptors (Lipinski definition) is 4. The quantitative estimate of drug-likeness (QED) is 0.627. The largest absolute Gasteiger partial charge is 0.331 e. The Kier molecular flexibility index (Phi) is 5.20. The zero-order chi connectivity index (χ0) is 18.6. The van der Waals surface area contributed by atoms with E-state index in [4.69, 9.17) is 0 Å². The van der Waals surface area contributed by atoms with E-state index < -0.39 is 0 Å². The van der Waals surface area contributed by atoms with Crippen LogP contribution in [0.1, 0.15) is 34.3 Å². The second-order valence-electron chi connectivity index (χ2n) is 6.53. The molecule has 1 aliphatic rings. The first-order valence-corrected chi connectivity index (χ1v) is 9.81. The van der Waals surface area contributed by atoms with Gasteiger partial charge in [-0.15, -0.1) is 0 Å². The second-order valence-corrected chi connectivity index (χ2v) is 7.50. The van der Waals surface area contributed by atoms with Gasteiger partial charge in [0.2, 0.25) is 0 Å². The molecule has 1 fully saturated rings. The van der Waals surface area contributed by atoms with Crippen molar-refractivity contribution >= 4 is 17.7 Å². The van der Waals surface area contributed by atoms with Gasteiger partial charge in [0.05, 0.1) is 0 Å². The lowest BCUT2D eigenvalue weighted by molar-refractivity contribution is 0.0728. The molecule has 3 aromatic rings. The van der Waals surface area contributed by atoms with E-state index in [-0.39, 0.29) is 17.8 Å². The van der Waals surface area contributed by atoms with Crippen LogP contribution in [0.25, 0.3) is 0 Å². The highest BCUT2D eigenvalue weighted by Crippen LogP contribution is 2.30. The van der Waals surface area contributed by atoms with E-state index in [2.05, 4.69) is 15.2 Å². The lowest BCUT2D eigenvalue weighted by atomic mass is 10.1.